The summed E-state index contributed by atoms with van der Waals surface area (Å²) in [5, 5.41) is 5.66. The summed E-state index contributed by atoms with van der Waals surface area (Å²) in [5.74, 6) is 0. The first-order valence-electron chi connectivity index (χ1n) is 8.72. The second kappa shape index (κ2) is 9.25. The van der Waals surface area contributed by atoms with Crippen molar-refractivity contribution >= 4 is 21.5 Å². The van der Waals surface area contributed by atoms with Crippen LogP contribution in [0.2, 0.25) is 0 Å². The van der Waals surface area contributed by atoms with Crippen LogP contribution >= 0.6 is 0 Å². The van der Waals surface area contributed by atoms with Crippen LogP contribution in [0.15, 0.2) is 48.5 Å². The number of benzene rings is 3. The minimum absolute atomic E-state index is 1.15. The SMILES string of the molecule is CC.CC.CCCc1c2ccccc2c(C)c2ccccc12. The number of fused-ring (bicyclic) bond motifs is 2. The van der Waals surface area contributed by atoms with Crippen LogP contribution in [-0.2, 0) is 6.42 Å². The lowest BCUT2D eigenvalue weighted by molar-refractivity contribution is 0.936. The second-order valence-electron chi connectivity index (χ2n) is 4.94. The van der Waals surface area contributed by atoms with Crippen molar-refractivity contribution in [1.29, 1.82) is 0 Å². The Morgan fingerprint density at radius 1 is 0.636 bits per heavy atom. The molecule has 0 aliphatic rings. The highest BCUT2D eigenvalue weighted by molar-refractivity contribution is 6.05. The van der Waals surface area contributed by atoms with Gasteiger partial charge in [0.25, 0.3) is 0 Å². The maximum atomic E-state index is 2.26. The van der Waals surface area contributed by atoms with Crippen LogP contribution < -0.4 is 0 Å². The molecule has 0 heterocycles. The van der Waals surface area contributed by atoms with Crippen molar-refractivity contribution in [2.75, 3.05) is 0 Å². The minimum atomic E-state index is 1.15. The van der Waals surface area contributed by atoms with E-state index in [2.05, 4.69) is 62.4 Å². The Hall–Kier alpha value is -1.82. The van der Waals surface area contributed by atoms with Crippen LogP contribution in [0.1, 0.15) is 52.2 Å². The van der Waals surface area contributed by atoms with E-state index in [-0.39, 0.29) is 0 Å². The monoisotopic (exact) mass is 294 g/mol. The summed E-state index contributed by atoms with van der Waals surface area (Å²) in [6.45, 7) is 12.5. The molecule has 0 aliphatic heterocycles. The Kier molecular flexibility index (Phi) is 7.66. The van der Waals surface area contributed by atoms with E-state index < -0.39 is 0 Å². The maximum absolute atomic E-state index is 2.26. The topological polar surface area (TPSA) is 0 Å². The normalized spacial score (nSPS) is 9.73. The Bertz CT molecular complexity index is 651. The average molecular weight is 294 g/mol. The van der Waals surface area contributed by atoms with Gasteiger partial charge >= 0.3 is 0 Å². The van der Waals surface area contributed by atoms with Gasteiger partial charge in [-0.1, -0.05) is 89.6 Å². The van der Waals surface area contributed by atoms with Gasteiger partial charge in [-0.2, -0.15) is 0 Å². The fraction of sp³-hybridized carbons (Fsp3) is 0.364. The van der Waals surface area contributed by atoms with Gasteiger partial charge in [0.05, 0.1) is 0 Å². The molecule has 0 nitrogen and oxygen atoms in total. The molecule has 0 radical (unpaired) electrons. The van der Waals surface area contributed by atoms with E-state index in [1.165, 1.54) is 39.1 Å². The maximum Gasteiger partial charge on any atom is -0.0143 e. The van der Waals surface area contributed by atoms with E-state index >= 15 is 0 Å². The van der Waals surface area contributed by atoms with Crippen LogP contribution in [-0.4, -0.2) is 0 Å². The highest BCUT2D eigenvalue weighted by Gasteiger charge is 2.09. The van der Waals surface area contributed by atoms with Gasteiger partial charge in [-0.3, -0.25) is 0 Å². The molecule has 118 valence electrons. The van der Waals surface area contributed by atoms with Gasteiger partial charge in [-0.05, 0) is 46.0 Å². The van der Waals surface area contributed by atoms with E-state index in [1.807, 2.05) is 27.7 Å². The van der Waals surface area contributed by atoms with E-state index in [4.69, 9.17) is 0 Å². The summed E-state index contributed by atoms with van der Waals surface area (Å²) in [6.07, 6.45) is 2.35. The lowest BCUT2D eigenvalue weighted by Gasteiger charge is -2.14. The van der Waals surface area contributed by atoms with Crippen LogP contribution in [0.4, 0.5) is 0 Å². The molecule has 0 fully saturated rings. The molecule has 0 spiro atoms. The van der Waals surface area contributed by atoms with Gasteiger partial charge in [0.15, 0.2) is 0 Å². The predicted octanol–water partition coefficient (Wildman–Crippen LogP) is 7.31. The van der Waals surface area contributed by atoms with Gasteiger partial charge in [0.2, 0.25) is 0 Å². The first kappa shape index (κ1) is 18.2. The average Bonchev–Trinajstić information content (AvgIpc) is 2.62. The molecular formula is C22H30. The highest BCUT2D eigenvalue weighted by atomic mass is 14.1. The molecule has 0 bridgehead atoms. The summed E-state index contributed by atoms with van der Waals surface area (Å²) in [7, 11) is 0. The first-order valence-corrected chi connectivity index (χ1v) is 8.72. The number of aryl methyl sites for hydroxylation is 2. The molecule has 3 rings (SSSR count). The quantitative estimate of drug-likeness (QED) is 0.435. The second-order valence-corrected chi connectivity index (χ2v) is 4.94. The molecule has 0 saturated heterocycles. The van der Waals surface area contributed by atoms with Crippen LogP contribution in [0.5, 0.6) is 0 Å². The number of hydrogen-bond donors (Lipinski definition) is 0. The van der Waals surface area contributed by atoms with Crippen molar-refractivity contribution in [2.24, 2.45) is 0 Å². The molecule has 0 heteroatoms. The third kappa shape index (κ3) is 3.50. The zero-order chi connectivity index (χ0) is 16.5. The fourth-order valence-corrected chi connectivity index (χ4v) is 2.96. The van der Waals surface area contributed by atoms with Gasteiger partial charge < -0.3 is 0 Å². The van der Waals surface area contributed by atoms with E-state index in [0.29, 0.717) is 0 Å². The first-order chi connectivity index (χ1) is 10.8. The molecule has 0 aromatic heterocycles. The number of hydrogen-bond acceptors (Lipinski definition) is 0. The minimum Gasteiger partial charge on any atom is -0.0683 e. The van der Waals surface area contributed by atoms with Crippen molar-refractivity contribution in [3.8, 4) is 0 Å². The van der Waals surface area contributed by atoms with E-state index in [0.717, 1.165) is 6.42 Å². The summed E-state index contributed by atoms with van der Waals surface area (Å²) in [6, 6.07) is 17.6. The Morgan fingerprint density at radius 3 is 1.36 bits per heavy atom. The number of rotatable bonds is 2. The van der Waals surface area contributed by atoms with Gasteiger partial charge in [0.1, 0.15) is 0 Å². The summed E-state index contributed by atoms with van der Waals surface area (Å²) >= 11 is 0. The van der Waals surface area contributed by atoms with Crippen molar-refractivity contribution in [3.05, 3.63) is 59.7 Å². The molecule has 0 atom stereocenters. The molecule has 3 aromatic rings. The highest BCUT2D eigenvalue weighted by Crippen LogP contribution is 2.32. The van der Waals surface area contributed by atoms with Crippen LogP contribution in [0.25, 0.3) is 21.5 Å². The fourth-order valence-electron chi connectivity index (χ4n) is 2.96. The largest absolute Gasteiger partial charge is 0.0683 e. The third-order valence-electron chi connectivity index (χ3n) is 3.81. The zero-order valence-corrected chi connectivity index (χ0v) is 15.0. The molecule has 0 aliphatic carbocycles. The van der Waals surface area contributed by atoms with Crippen LogP contribution in [0.3, 0.4) is 0 Å². The van der Waals surface area contributed by atoms with Crippen molar-refractivity contribution in [1.82, 2.24) is 0 Å². The summed E-state index contributed by atoms with van der Waals surface area (Å²) < 4.78 is 0. The third-order valence-corrected chi connectivity index (χ3v) is 3.81. The Labute approximate surface area is 136 Å². The van der Waals surface area contributed by atoms with Crippen molar-refractivity contribution in [3.63, 3.8) is 0 Å². The van der Waals surface area contributed by atoms with Gasteiger partial charge in [0, 0.05) is 0 Å². The molecule has 22 heavy (non-hydrogen) atoms. The molecule has 0 amide bonds. The van der Waals surface area contributed by atoms with Crippen molar-refractivity contribution in [2.45, 2.75) is 54.4 Å². The standard InChI is InChI=1S/C18H18.2C2H6/c1-3-8-16-17-11-6-4-9-14(17)13(2)15-10-5-7-12-18(15)16;2*1-2/h4-7,9-12H,3,8H2,1-2H3;2*1-2H3. The smallest absolute Gasteiger partial charge is 0.0143 e. The van der Waals surface area contributed by atoms with Crippen molar-refractivity contribution < 1.29 is 0 Å². The molecule has 0 N–H and O–H groups in total. The zero-order valence-electron chi connectivity index (χ0n) is 15.0. The lowest BCUT2D eigenvalue weighted by Crippen LogP contribution is -1.92. The van der Waals surface area contributed by atoms with E-state index in [1.54, 1.807) is 0 Å². The lowest BCUT2D eigenvalue weighted by atomic mass is 9.90. The van der Waals surface area contributed by atoms with Gasteiger partial charge in [-0.15, -0.1) is 0 Å². The molecule has 3 aromatic carbocycles. The molecular weight excluding hydrogens is 264 g/mol. The Morgan fingerprint density at radius 2 is 1.00 bits per heavy atom. The van der Waals surface area contributed by atoms with Crippen LogP contribution in [0, 0.1) is 6.92 Å². The predicted molar refractivity (Wildman–Crippen MR) is 103 cm³/mol. The molecule has 0 saturated carbocycles. The summed E-state index contributed by atoms with van der Waals surface area (Å²) in [4.78, 5) is 0. The van der Waals surface area contributed by atoms with Gasteiger partial charge in [-0.25, -0.2) is 0 Å². The summed E-state index contributed by atoms with van der Waals surface area (Å²) in [5.41, 5.74) is 2.91. The Balaban J connectivity index is 0.000000561. The van der Waals surface area contributed by atoms with E-state index in [9.17, 15) is 0 Å². The molecule has 0 unspecified atom stereocenters.